The van der Waals surface area contributed by atoms with Crippen LogP contribution in [0.4, 0.5) is 19.0 Å². The summed E-state index contributed by atoms with van der Waals surface area (Å²) in [6, 6.07) is 0.975. The quantitative estimate of drug-likeness (QED) is 0.880. The van der Waals surface area contributed by atoms with Gasteiger partial charge in [-0.2, -0.15) is 18.3 Å². The van der Waals surface area contributed by atoms with Gasteiger partial charge >= 0.3 is 6.18 Å². The maximum atomic E-state index is 12.7. The predicted molar refractivity (Wildman–Crippen MR) is 71.0 cm³/mol. The number of nitrogens with zero attached hydrogens (tertiary/aromatic N) is 3. The van der Waals surface area contributed by atoms with Crippen LogP contribution in [0.25, 0.3) is 5.52 Å². The third-order valence-electron chi connectivity index (χ3n) is 2.78. The van der Waals surface area contributed by atoms with Gasteiger partial charge in [0.2, 0.25) is 0 Å². The predicted octanol–water partition coefficient (Wildman–Crippen LogP) is 3.43. The molecular formula is C12H14ClF3N4. The average molecular weight is 307 g/mol. The van der Waals surface area contributed by atoms with Crippen LogP contribution in [0.1, 0.15) is 19.5 Å². The first kappa shape index (κ1) is 14.9. The SMILES string of the molecule is CC(C)(CCl)CNc1nccn2nc(C(F)(F)F)cc12. The molecule has 20 heavy (non-hydrogen) atoms. The van der Waals surface area contributed by atoms with Crippen molar-refractivity contribution in [1.29, 1.82) is 0 Å². The molecular weight excluding hydrogens is 293 g/mol. The zero-order valence-corrected chi connectivity index (χ0v) is 11.8. The Bertz CT molecular complexity index is 606. The number of hydrogen-bond acceptors (Lipinski definition) is 3. The van der Waals surface area contributed by atoms with E-state index in [4.69, 9.17) is 11.6 Å². The molecule has 0 aliphatic carbocycles. The van der Waals surface area contributed by atoms with Gasteiger partial charge in [0.1, 0.15) is 5.52 Å². The molecule has 0 spiro atoms. The second-order valence-electron chi connectivity index (χ2n) is 5.28. The van der Waals surface area contributed by atoms with Crippen molar-refractivity contribution in [2.45, 2.75) is 20.0 Å². The summed E-state index contributed by atoms with van der Waals surface area (Å²) < 4.78 is 39.1. The van der Waals surface area contributed by atoms with Crippen LogP contribution in [0.2, 0.25) is 0 Å². The summed E-state index contributed by atoms with van der Waals surface area (Å²) in [7, 11) is 0. The zero-order valence-electron chi connectivity index (χ0n) is 11.0. The highest BCUT2D eigenvalue weighted by atomic mass is 35.5. The lowest BCUT2D eigenvalue weighted by Crippen LogP contribution is -2.25. The number of fused-ring (bicyclic) bond motifs is 1. The highest BCUT2D eigenvalue weighted by molar-refractivity contribution is 6.18. The highest BCUT2D eigenvalue weighted by Crippen LogP contribution is 2.30. The van der Waals surface area contributed by atoms with E-state index in [0.29, 0.717) is 18.2 Å². The summed E-state index contributed by atoms with van der Waals surface area (Å²) in [5.74, 6) is 0.782. The summed E-state index contributed by atoms with van der Waals surface area (Å²) in [4.78, 5) is 4.06. The Balaban J connectivity index is 2.32. The lowest BCUT2D eigenvalue weighted by atomic mass is 9.97. The number of anilines is 1. The Morgan fingerprint density at radius 3 is 2.65 bits per heavy atom. The molecule has 0 fully saturated rings. The molecule has 0 aliphatic rings. The van der Waals surface area contributed by atoms with Crippen LogP contribution in [0.15, 0.2) is 18.5 Å². The van der Waals surface area contributed by atoms with Gasteiger partial charge in [0.15, 0.2) is 11.5 Å². The minimum Gasteiger partial charge on any atom is -0.368 e. The Morgan fingerprint density at radius 1 is 1.35 bits per heavy atom. The minimum atomic E-state index is -4.47. The van der Waals surface area contributed by atoms with Crippen molar-refractivity contribution < 1.29 is 13.2 Å². The molecule has 1 N–H and O–H groups in total. The highest BCUT2D eigenvalue weighted by Gasteiger charge is 2.34. The summed E-state index contributed by atoms with van der Waals surface area (Å²) in [6.45, 7) is 4.39. The van der Waals surface area contributed by atoms with Crippen molar-refractivity contribution in [3.05, 3.63) is 24.2 Å². The van der Waals surface area contributed by atoms with E-state index in [1.165, 1.54) is 12.4 Å². The Kier molecular flexibility index (Phi) is 3.82. The van der Waals surface area contributed by atoms with Crippen LogP contribution >= 0.6 is 11.6 Å². The molecule has 0 aliphatic heterocycles. The van der Waals surface area contributed by atoms with E-state index in [1.54, 1.807) is 0 Å². The maximum Gasteiger partial charge on any atom is 0.435 e. The Labute approximate surface area is 118 Å². The fourth-order valence-electron chi connectivity index (χ4n) is 1.57. The van der Waals surface area contributed by atoms with Gasteiger partial charge in [-0.25, -0.2) is 9.50 Å². The summed E-state index contributed by atoms with van der Waals surface area (Å²) in [6.07, 6.45) is -1.70. The summed E-state index contributed by atoms with van der Waals surface area (Å²) >= 11 is 5.81. The summed E-state index contributed by atoms with van der Waals surface area (Å²) in [5, 5.41) is 6.51. The molecule has 110 valence electrons. The van der Waals surface area contributed by atoms with Crippen LogP contribution in [0.3, 0.4) is 0 Å². The number of nitrogens with one attached hydrogen (secondary N) is 1. The molecule has 2 aromatic heterocycles. The first-order chi connectivity index (χ1) is 9.23. The monoisotopic (exact) mass is 306 g/mol. The van der Waals surface area contributed by atoms with Crippen molar-refractivity contribution in [2.24, 2.45) is 5.41 Å². The van der Waals surface area contributed by atoms with Gasteiger partial charge in [-0.3, -0.25) is 0 Å². The normalized spacial score (nSPS) is 12.9. The standard InChI is InChI=1S/C12H14ClF3N4/c1-11(2,6-13)7-18-10-8-5-9(12(14,15)16)19-20(8)4-3-17-10/h3-5H,6-7H2,1-2H3,(H,17,18). The maximum absolute atomic E-state index is 12.7. The van der Waals surface area contributed by atoms with Crippen molar-refractivity contribution in [3.63, 3.8) is 0 Å². The van der Waals surface area contributed by atoms with Gasteiger partial charge in [0.25, 0.3) is 0 Å². The van der Waals surface area contributed by atoms with Gasteiger partial charge in [-0.1, -0.05) is 13.8 Å². The smallest absolute Gasteiger partial charge is 0.368 e. The molecule has 0 amide bonds. The van der Waals surface area contributed by atoms with Crippen LogP contribution in [-0.4, -0.2) is 27.0 Å². The molecule has 0 saturated carbocycles. The second kappa shape index (κ2) is 5.12. The number of aromatic nitrogens is 3. The van der Waals surface area contributed by atoms with Crippen LogP contribution < -0.4 is 5.32 Å². The lowest BCUT2D eigenvalue weighted by molar-refractivity contribution is -0.141. The van der Waals surface area contributed by atoms with Gasteiger partial charge < -0.3 is 5.32 Å². The van der Waals surface area contributed by atoms with Crippen molar-refractivity contribution >= 4 is 22.9 Å². The van der Waals surface area contributed by atoms with Crippen molar-refractivity contribution in [3.8, 4) is 0 Å². The molecule has 0 radical (unpaired) electrons. The van der Waals surface area contributed by atoms with Gasteiger partial charge in [0.05, 0.1) is 0 Å². The molecule has 2 aromatic rings. The summed E-state index contributed by atoms with van der Waals surface area (Å²) in [5.41, 5.74) is -0.849. The van der Waals surface area contributed by atoms with Crippen molar-refractivity contribution in [2.75, 3.05) is 17.7 Å². The average Bonchev–Trinajstić information content (AvgIpc) is 2.80. The van der Waals surface area contributed by atoms with E-state index in [0.717, 1.165) is 10.6 Å². The fourth-order valence-corrected chi connectivity index (χ4v) is 1.66. The van der Waals surface area contributed by atoms with Gasteiger partial charge in [-0.05, 0) is 5.41 Å². The molecule has 0 aromatic carbocycles. The Morgan fingerprint density at radius 2 is 2.05 bits per heavy atom. The fraction of sp³-hybridized carbons (Fsp3) is 0.500. The molecule has 2 rings (SSSR count). The second-order valence-corrected chi connectivity index (χ2v) is 5.55. The first-order valence-electron chi connectivity index (χ1n) is 5.94. The third kappa shape index (κ3) is 3.15. The molecule has 0 unspecified atom stereocenters. The lowest BCUT2D eigenvalue weighted by Gasteiger charge is -2.22. The van der Waals surface area contributed by atoms with Crippen LogP contribution in [0, 0.1) is 5.41 Å². The van der Waals surface area contributed by atoms with Gasteiger partial charge in [-0.15, -0.1) is 11.6 Å². The van der Waals surface area contributed by atoms with E-state index in [2.05, 4.69) is 15.4 Å². The van der Waals surface area contributed by atoms with E-state index >= 15 is 0 Å². The third-order valence-corrected chi connectivity index (χ3v) is 3.50. The number of hydrogen-bond donors (Lipinski definition) is 1. The van der Waals surface area contributed by atoms with E-state index in [-0.39, 0.29) is 10.9 Å². The zero-order chi connectivity index (χ0) is 15.0. The van der Waals surface area contributed by atoms with Crippen molar-refractivity contribution in [1.82, 2.24) is 14.6 Å². The number of rotatable bonds is 4. The Hall–Kier alpha value is -1.50. The molecule has 2 heterocycles. The first-order valence-corrected chi connectivity index (χ1v) is 6.48. The van der Waals surface area contributed by atoms with E-state index in [1.807, 2.05) is 13.8 Å². The molecule has 4 nitrogen and oxygen atoms in total. The number of alkyl halides is 4. The minimum absolute atomic E-state index is 0.192. The largest absolute Gasteiger partial charge is 0.435 e. The van der Waals surface area contributed by atoms with Gasteiger partial charge in [0, 0.05) is 30.9 Å². The van der Waals surface area contributed by atoms with Crippen LogP contribution in [0.5, 0.6) is 0 Å². The number of halogens is 4. The van der Waals surface area contributed by atoms with E-state index < -0.39 is 11.9 Å². The van der Waals surface area contributed by atoms with E-state index in [9.17, 15) is 13.2 Å². The molecule has 0 atom stereocenters. The molecule has 0 saturated heterocycles. The van der Waals surface area contributed by atoms with Crippen LogP contribution in [-0.2, 0) is 6.18 Å². The molecule has 8 heteroatoms. The topological polar surface area (TPSA) is 42.2 Å². The molecule has 0 bridgehead atoms.